The Morgan fingerprint density at radius 1 is 1.31 bits per heavy atom. The summed E-state index contributed by atoms with van der Waals surface area (Å²) in [6.07, 6.45) is 4.47. The van der Waals surface area contributed by atoms with Gasteiger partial charge in [-0.1, -0.05) is 24.0 Å². The summed E-state index contributed by atoms with van der Waals surface area (Å²) >= 11 is 1.62. The molecule has 1 saturated heterocycles. The van der Waals surface area contributed by atoms with Crippen molar-refractivity contribution in [3.8, 4) is 17.6 Å². The van der Waals surface area contributed by atoms with Crippen LogP contribution in [-0.2, 0) is 11.2 Å². The molecule has 154 valence electrons. The Kier molecular flexibility index (Phi) is 8.57. The number of piperidine rings is 1. The number of thiophene rings is 1. The molecule has 1 aliphatic heterocycles. The van der Waals surface area contributed by atoms with Crippen molar-refractivity contribution in [1.29, 1.82) is 0 Å². The maximum Gasteiger partial charge on any atom is 0.237 e. The van der Waals surface area contributed by atoms with Gasteiger partial charge in [0.05, 0.1) is 6.04 Å². The highest BCUT2D eigenvalue weighted by Gasteiger charge is 2.14. The van der Waals surface area contributed by atoms with E-state index < -0.39 is 6.04 Å². The fourth-order valence-electron chi connectivity index (χ4n) is 3.18. The molecule has 2 heterocycles. The lowest BCUT2D eigenvalue weighted by molar-refractivity contribution is -0.122. The number of hydrogen-bond acceptors (Lipinski definition) is 5. The molecular weight excluding hydrogens is 382 g/mol. The number of unbranched alkanes of at least 4 members (excludes halogenated alkanes) is 1. The molecule has 1 amide bonds. The molecule has 1 fully saturated rings. The van der Waals surface area contributed by atoms with Gasteiger partial charge in [-0.15, -0.1) is 11.3 Å². The van der Waals surface area contributed by atoms with Crippen molar-refractivity contribution < 1.29 is 9.53 Å². The second-order valence-electron chi connectivity index (χ2n) is 7.18. The second kappa shape index (κ2) is 11.6. The molecule has 0 saturated carbocycles. The van der Waals surface area contributed by atoms with Gasteiger partial charge in [-0.2, -0.15) is 0 Å². The first-order chi connectivity index (χ1) is 14.2. The average molecular weight is 412 g/mol. The van der Waals surface area contributed by atoms with E-state index >= 15 is 0 Å². The Morgan fingerprint density at radius 2 is 2.17 bits per heavy atom. The predicted octanol–water partition coefficient (Wildman–Crippen LogP) is 2.70. The predicted molar refractivity (Wildman–Crippen MR) is 118 cm³/mol. The second-order valence-corrected chi connectivity index (χ2v) is 8.21. The Morgan fingerprint density at radius 3 is 2.97 bits per heavy atom. The van der Waals surface area contributed by atoms with Crippen LogP contribution in [0.5, 0.6) is 5.75 Å². The first-order valence-electron chi connectivity index (χ1n) is 10.2. The van der Waals surface area contributed by atoms with Crippen LogP contribution in [0.1, 0.15) is 36.1 Å². The van der Waals surface area contributed by atoms with E-state index in [4.69, 9.17) is 10.5 Å². The summed E-state index contributed by atoms with van der Waals surface area (Å²) in [5.41, 5.74) is 6.91. The highest BCUT2D eigenvalue weighted by Crippen LogP contribution is 2.18. The molecule has 0 bridgehead atoms. The number of ether oxygens (including phenoxy) is 1. The normalized spacial score (nSPS) is 15.2. The van der Waals surface area contributed by atoms with Crippen LogP contribution >= 0.6 is 11.3 Å². The zero-order chi connectivity index (χ0) is 20.3. The smallest absolute Gasteiger partial charge is 0.237 e. The van der Waals surface area contributed by atoms with Gasteiger partial charge in [0.15, 0.2) is 0 Å². The number of carbonyl (C=O) groups excluding carboxylic acids is 1. The van der Waals surface area contributed by atoms with Gasteiger partial charge < -0.3 is 21.1 Å². The highest BCUT2D eigenvalue weighted by molar-refractivity contribution is 7.09. The van der Waals surface area contributed by atoms with Crippen LogP contribution < -0.4 is 21.1 Å². The molecule has 3 rings (SSSR count). The number of rotatable bonds is 8. The minimum Gasteiger partial charge on any atom is -0.490 e. The molecule has 1 aromatic carbocycles. The van der Waals surface area contributed by atoms with Gasteiger partial charge in [-0.05, 0) is 62.0 Å². The number of nitrogens with one attached hydrogen (secondary N) is 2. The molecule has 1 atom stereocenters. The summed E-state index contributed by atoms with van der Waals surface area (Å²) in [5.74, 6) is 7.14. The number of carbonyl (C=O) groups is 1. The molecule has 5 nitrogen and oxygen atoms in total. The van der Waals surface area contributed by atoms with Crippen molar-refractivity contribution >= 4 is 17.2 Å². The molecule has 2 aromatic rings. The van der Waals surface area contributed by atoms with Crippen molar-refractivity contribution in [3.05, 3.63) is 52.2 Å². The molecule has 1 aromatic heterocycles. The first-order valence-corrected chi connectivity index (χ1v) is 11.1. The van der Waals surface area contributed by atoms with Crippen molar-refractivity contribution in [2.45, 2.75) is 44.2 Å². The van der Waals surface area contributed by atoms with E-state index in [1.165, 1.54) is 0 Å². The van der Waals surface area contributed by atoms with E-state index in [2.05, 4.69) is 22.5 Å². The molecule has 0 aliphatic carbocycles. The topological polar surface area (TPSA) is 76.4 Å². The quantitative estimate of drug-likeness (QED) is 0.461. The SMILES string of the molecule is N[C@@H](Cc1cccs1)C(=O)NCCCC#Cc1cccc(OC2CCNCC2)c1. The zero-order valence-electron chi connectivity index (χ0n) is 16.7. The van der Waals surface area contributed by atoms with E-state index in [1.807, 2.05) is 41.8 Å². The van der Waals surface area contributed by atoms with Gasteiger partial charge in [-0.25, -0.2) is 0 Å². The van der Waals surface area contributed by atoms with Gasteiger partial charge in [-0.3, -0.25) is 4.79 Å². The molecule has 29 heavy (non-hydrogen) atoms. The van der Waals surface area contributed by atoms with Crippen LogP contribution in [-0.4, -0.2) is 37.7 Å². The van der Waals surface area contributed by atoms with Crippen LogP contribution in [0.25, 0.3) is 0 Å². The van der Waals surface area contributed by atoms with Gasteiger partial charge in [0.1, 0.15) is 11.9 Å². The van der Waals surface area contributed by atoms with E-state index in [1.54, 1.807) is 11.3 Å². The third kappa shape index (κ3) is 7.54. The van der Waals surface area contributed by atoms with Crippen LogP contribution in [0, 0.1) is 11.8 Å². The Labute approximate surface area is 177 Å². The lowest BCUT2D eigenvalue weighted by Gasteiger charge is -2.23. The fraction of sp³-hybridized carbons (Fsp3) is 0.435. The molecule has 0 radical (unpaired) electrons. The monoisotopic (exact) mass is 411 g/mol. The fourth-order valence-corrected chi connectivity index (χ4v) is 3.94. The lowest BCUT2D eigenvalue weighted by Crippen LogP contribution is -2.42. The lowest BCUT2D eigenvalue weighted by atomic mass is 10.1. The van der Waals surface area contributed by atoms with Crippen LogP contribution in [0.4, 0.5) is 0 Å². The average Bonchev–Trinajstić information content (AvgIpc) is 3.24. The van der Waals surface area contributed by atoms with Gasteiger partial charge in [0.25, 0.3) is 0 Å². The highest BCUT2D eigenvalue weighted by atomic mass is 32.1. The molecule has 0 spiro atoms. The summed E-state index contributed by atoms with van der Waals surface area (Å²) in [6, 6.07) is 11.4. The van der Waals surface area contributed by atoms with Gasteiger partial charge in [0.2, 0.25) is 5.91 Å². The molecule has 0 unspecified atom stereocenters. The van der Waals surface area contributed by atoms with E-state index in [0.717, 1.165) is 55.0 Å². The Bertz CT molecular complexity index is 820. The molecular formula is C23H29N3O2S. The maximum absolute atomic E-state index is 12.0. The van der Waals surface area contributed by atoms with Gasteiger partial charge >= 0.3 is 0 Å². The molecule has 1 aliphatic rings. The van der Waals surface area contributed by atoms with Crippen molar-refractivity contribution in [1.82, 2.24) is 10.6 Å². The molecule has 4 N–H and O–H groups in total. The summed E-state index contributed by atoms with van der Waals surface area (Å²) in [4.78, 5) is 13.2. The van der Waals surface area contributed by atoms with Crippen molar-refractivity contribution in [3.63, 3.8) is 0 Å². The zero-order valence-corrected chi connectivity index (χ0v) is 17.5. The van der Waals surface area contributed by atoms with E-state index in [0.29, 0.717) is 13.0 Å². The van der Waals surface area contributed by atoms with Crippen LogP contribution in [0.2, 0.25) is 0 Å². The Balaban J connectivity index is 1.35. The number of benzene rings is 1. The minimum atomic E-state index is -0.498. The third-order valence-corrected chi connectivity index (χ3v) is 5.67. The first kappa shape index (κ1) is 21.4. The number of hydrogen-bond donors (Lipinski definition) is 3. The van der Waals surface area contributed by atoms with Crippen LogP contribution in [0.3, 0.4) is 0 Å². The third-order valence-electron chi connectivity index (χ3n) is 4.77. The van der Waals surface area contributed by atoms with Crippen molar-refractivity contribution in [2.24, 2.45) is 5.73 Å². The molecule has 6 heteroatoms. The summed E-state index contributed by atoms with van der Waals surface area (Å²) in [5, 5.41) is 8.23. The Hall–Kier alpha value is -2.33. The van der Waals surface area contributed by atoms with E-state index in [-0.39, 0.29) is 12.0 Å². The van der Waals surface area contributed by atoms with Gasteiger partial charge in [0, 0.05) is 29.8 Å². The van der Waals surface area contributed by atoms with Crippen molar-refractivity contribution in [2.75, 3.05) is 19.6 Å². The van der Waals surface area contributed by atoms with Crippen LogP contribution in [0.15, 0.2) is 41.8 Å². The summed E-state index contributed by atoms with van der Waals surface area (Å²) in [6.45, 7) is 2.61. The summed E-state index contributed by atoms with van der Waals surface area (Å²) < 4.78 is 6.06. The standard InChI is InChI=1S/C23H29N3O2S/c24-22(17-21-9-5-15-29-21)23(27)26-12-3-1-2-6-18-7-4-8-20(16-18)28-19-10-13-25-14-11-19/h4-5,7-9,15-16,19,22,25H,1,3,10-14,17,24H2,(H,26,27)/t22-/m0/s1. The maximum atomic E-state index is 12.0. The number of nitrogens with two attached hydrogens (primary N) is 1. The minimum absolute atomic E-state index is 0.103. The van der Waals surface area contributed by atoms with E-state index in [9.17, 15) is 4.79 Å². The number of amides is 1. The largest absolute Gasteiger partial charge is 0.490 e. The summed E-state index contributed by atoms with van der Waals surface area (Å²) in [7, 11) is 0.